The Bertz CT molecular complexity index is 1400. The SMILES string of the molecule is C=C/C(=C(\C=C(/C=C)OO)OO)c1nc(-c2ccc(OO)cc2O)nc(-c2ccc(OO)cc2C(C)C)n1. The van der Waals surface area contributed by atoms with E-state index >= 15 is 0 Å². The fourth-order valence-corrected chi connectivity index (χ4v) is 3.48. The first-order valence-corrected chi connectivity index (χ1v) is 11.0. The van der Waals surface area contributed by atoms with Crippen LogP contribution in [0, 0.1) is 0 Å². The molecular weight excluding hydrogens is 498 g/mol. The van der Waals surface area contributed by atoms with Crippen LogP contribution in [0.1, 0.15) is 31.2 Å². The van der Waals surface area contributed by atoms with E-state index in [-0.39, 0.29) is 63.3 Å². The summed E-state index contributed by atoms with van der Waals surface area (Å²) in [4.78, 5) is 30.7. The second-order valence-electron chi connectivity index (χ2n) is 7.99. The number of hydrogen-bond donors (Lipinski definition) is 5. The van der Waals surface area contributed by atoms with Crippen molar-refractivity contribution in [2.75, 3.05) is 0 Å². The summed E-state index contributed by atoms with van der Waals surface area (Å²) in [5.74, 6) is -0.470. The molecule has 5 N–H and O–H groups in total. The zero-order chi connectivity index (χ0) is 27.8. The number of rotatable bonds is 11. The minimum atomic E-state index is -0.307. The molecule has 0 aliphatic carbocycles. The van der Waals surface area contributed by atoms with Gasteiger partial charge in [-0.05, 0) is 47.9 Å². The van der Waals surface area contributed by atoms with Gasteiger partial charge in [-0.2, -0.15) is 0 Å². The zero-order valence-corrected chi connectivity index (χ0v) is 20.4. The largest absolute Gasteiger partial charge is 0.507 e. The number of benzene rings is 2. The van der Waals surface area contributed by atoms with Crippen LogP contribution in [0.15, 0.2) is 79.3 Å². The van der Waals surface area contributed by atoms with E-state index in [9.17, 15) is 10.4 Å². The first kappa shape index (κ1) is 27.8. The Kier molecular flexibility index (Phi) is 9.13. The summed E-state index contributed by atoms with van der Waals surface area (Å²) >= 11 is 0. The molecule has 2 aromatic carbocycles. The van der Waals surface area contributed by atoms with Crippen molar-refractivity contribution < 1.29 is 45.7 Å². The zero-order valence-electron chi connectivity index (χ0n) is 20.4. The third-order valence-corrected chi connectivity index (χ3v) is 5.33. The van der Waals surface area contributed by atoms with Crippen molar-refractivity contribution in [2.24, 2.45) is 0 Å². The molecule has 0 unspecified atom stereocenters. The van der Waals surface area contributed by atoms with Crippen molar-refractivity contribution in [3.05, 3.63) is 90.7 Å². The fourth-order valence-electron chi connectivity index (χ4n) is 3.48. The molecule has 0 atom stereocenters. The Morgan fingerprint density at radius 2 is 1.42 bits per heavy atom. The number of aromatic nitrogens is 3. The maximum Gasteiger partial charge on any atom is 0.179 e. The number of allylic oxidation sites excluding steroid dienone is 4. The standard InChI is InChI=1S/C26H25N3O9/c1-5-15(35-31)13-23(38-34)18(6-2)24-27-25(19-9-7-16(36-32)11-21(19)14(3)4)29-26(28-24)20-10-8-17(37-33)12-22(20)30/h5-14,30-34H,1-2H2,3-4H3/b15-13+,23-18-. The highest BCUT2D eigenvalue weighted by molar-refractivity contribution is 5.77. The number of phenolic OH excluding ortho intramolecular Hbond substituents is 1. The molecule has 0 fully saturated rings. The van der Waals surface area contributed by atoms with E-state index in [4.69, 9.17) is 15.8 Å². The van der Waals surface area contributed by atoms with Gasteiger partial charge in [0.1, 0.15) is 5.75 Å². The molecule has 12 heteroatoms. The Labute approximate surface area is 217 Å². The van der Waals surface area contributed by atoms with Crippen LogP contribution in [0.3, 0.4) is 0 Å². The van der Waals surface area contributed by atoms with Gasteiger partial charge in [0.15, 0.2) is 40.5 Å². The molecule has 3 aromatic rings. The second kappa shape index (κ2) is 12.5. The summed E-state index contributed by atoms with van der Waals surface area (Å²) in [5, 5.41) is 47.2. The molecule has 0 amide bonds. The average Bonchev–Trinajstić information content (AvgIpc) is 2.94. The predicted octanol–water partition coefficient (Wildman–Crippen LogP) is 5.68. The number of hydrogen-bond acceptors (Lipinski definition) is 12. The molecule has 3 rings (SSSR count). The lowest BCUT2D eigenvalue weighted by Crippen LogP contribution is -2.06. The summed E-state index contributed by atoms with van der Waals surface area (Å²) in [7, 11) is 0. The molecule has 0 aliphatic heterocycles. The topological polar surface area (TPSA) is 177 Å². The lowest BCUT2D eigenvalue weighted by Gasteiger charge is -2.15. The normalized spacial score (nSPS) is 12.0. The van der Waals surface area contributed by atoms with E-state index < -0.39 is 0 Å². The van der Waals surface area contributed by atoms with Gasteiger partial charge in [-0.3, -0.25) is 0 Å². The van der Waals surface area contributed by atoms with E-state index in [1.54, 1.807) is 12.1 Å². The Morgan fingerprint density at radius 3 is 1.92 bits per heavy atom. The van der Waals surface area contributed by atoms with Crippen LogP contribution < -0.4 is 9.78 Å². The second-order valence-corrected chi connectivity index (χ2v) is 7.99. The highest BCUT2D eigenvalue weighted by Gasteiger charge is 2.21. The molecule has 1 aromatic heterocycles. The van der Waals surface area contributed by atoms with Crippen molar-refractivity contribution in [1.82, 2.24) is 15.0 Å². The third kappa shape index (κ3) is 5.96. The van der Waals surface area contributed by atoms with Crippen molar-refractivity contribution in [1.29, 1.82) is 0 Å². The highest BCUT2D eigenvalue weighted by atomic mass is 17.1. The first-order chi connectivity index (χ1) is 18.3. The lowest BCUT2D eigenvalue weighted by molar-refractivity contribution is -0.206. The van der Waals surface area contributed by atoms with Crippen molar-refractivity contribution in [2.45, 2.75) is 19.8 Å². The highest BCUT2D eigenvalue weighted by Crippen LogP contribution is 2.35. The van der Waals surface area contributed by atoms with Crippen LogP contribution in [-0.2, 0) is 9.78 Å². The Balaban J connectivity index is 2.39. The van der Waals surface area contributed by atoms with Crippen LogP contribution in [0.4, 0.5) is 0 Å². The lowest BCUT2D eigenvalue weighted by atomic mass is 9.96. The minimum Gasteiger partial charge on any atom is -0.507 e. The minimum absolute atomic E-state index is 0.00662. The van der Waals surface area contributed by atoms with E-state index in [0.29, 0.717) is 5.56 Å². The van der Waals surface area contributed by atoms with Crippen molar-refractivity contribution >= 4 is 5.57 Å². The fraction of sp³-hybridized carbons (Fsp3) is 0.115. The monoisotopic (exact) mass is 523 g/mol. The summed E-state index contributed by atoms with van der Waals surface area (Å²) in [6, 6.07) is 8.75. The van der Waals surface area contributed by atoms with Crippen LogP contribution in [-0.4, -0.2) is 41.1 Å². The number of aromatic hydroxyl groups is 1. The smallest absolute Gasteiger partial charge is 0.179 e. The molecule has 0 saturated heterocycles. The summed E-state index contributed by atoms with van der Waals surface area (Å²) in [6.45, 7) is 11.1. The quantitative estimate of drug-likeness (QED) is 0.0900. The first-order valence-electron chi connectivity index (χ1n) is 11.0. The van der Waals surface area contributed by atoms with Gasteiger partial charge in [-0.15, -0.1) is 0 Å². The maximum absolute atomic E-state index is 10.6. The molecule has 0 radical (unpaired) electrons. The molecule has 12 nitrogen and oxygen atoms in total. The van der Waals surface area contributed by atoms with Gasteiger partial charge in [0, 0.05) is 17.7 Å². The molecule has 0 aliphatic rings. The van der Waals surface area contributed by atoms with Gasteiger partial charge >= 0.3 is 0 Å². The van der Waals surface area contributed by atoms with Crippen molar-refractivity contribution in [3.8, 4) is 40.0 Å². The summed E-state index contributed by atoms with van der Waals surface area (Å²) in [6.07, 6.45) is 3.56. The van der Waals surface area contributed by atoms with Gasteiger partial charge in [-0.25, -0.2) is 36.0 Å². The van der Waals surface area contributed by atoms with E-state index in [1.165, 1.54) is 24.3 Å². The van der Waals surface area contributed by atoms with Crippen LogP contribution in [0.5, 0.6) is 17.2 Å². The van der Waals surface area contributed by atoms with Gasteiger partial charge in [-0.1, -0.05) is 33.1 Å². The maximum atomic E-state index is 10.6. The van der Waals surface area contributed by atoms with E-state index in [1.807, 2.05) is 13.8 Å². The van der Waals surface area contributed by atoms with Crippen LogP contribution in [0.2, 0.25) is 0 Å². The van der Waals surface area contributed by atoms with Gasteiger partial charge in [0.2, 0.25) is 0 Å². The molecule has 0 saturated carbocycles. The molecule has 0 bridgehead atoms. The Morgan fingerprint density at radius 1 is 0.816 bits per heavy atom. The van der Waals surface area contributed by atoms with Gasteiger partial charge < -0.3 is 24.7 Å². The van der Waals surface area contributed by atoms with Crippen LogP contribution >= 0.6 is 0 Å². The number of phenols is 1. The number of nitrogens with zero attached hydrogens (tertiary/aromatic N) is 3. The molecule has 1 heterocycles. The van der Waals surface area contributed by atoms with Gasteiger partial charge in [0.05, 0.1) is 11.1 Å². The Hall–Kier alpha value is -4.75. The molecule has 198 valence electrons. The predicted molar refractivity (Wildman–Crippen MR) is 136 cm³/mol. The van der Waals surface area contributed by atoms with E-state index in [0.717, 1.165) is 23.8 Å². The van der Waals surface area contributed by atoms with Gasteiger partial charge in [0.25, 0.3) is 0 Å². The van der Waals surface area contributed by atoms with Crippen LogP contribution in [0.25, 0.3) is 28.3 Å². The molecular formula is C26H25N3O9. The third-order valence-electron chi connectivity index (χ3n) is 5.33. The summed E-state index contributed by atoms with van der Waals surface area (Å²) in [5.41, 5.74) is 1.49. The summed E-state index contributed by atoms with van der Waals surface area (Å²) < 4.78 is 0. The molecule has 38 heavy (non-hydrogen) atoms. The van der Waals surface area contributed by atoms with Crippen molar-refractivity contribution in [3.63, 3.8) is 0 Å². The molecule has 0 spiro atoms. The van der Waals surface area contributed by atoms with E-state index in [2.05, 4.69) is 47.7 Å². The average molecular weight is 523 g/mol.